The van der Waals surface area contributed by atoms with Gasteiger partial charge in [0.15, 0.2) is 0 Å². The lowest BCUT2D eigenvalue weighted by atomic mass is 9.88. The van der Waals surface area contributed by atoms with Crippen LogP contribution >= 0.6 is 23.2 Å². The summed E-state index contributed by atoms with van der Waals surface area (Å²) in [6, 6.07) is 5.53. The third kappa shape index (κ3) is 6.83. The van der Waals surface area contributed by atoms with E-state index in [0.29, 0.717) is 62.0 Å². The van der Waals surface area contributed by atoms with Gasteiger partial charge in [-0.15, -0.1) is 0 Å². The van der Waals surface area contributed by atoms with E-state index in [1.54, 1.807) is 12.1 Å². The van der Waals surface area contributed by atoms with Gasteiger partial charge < -0.3 is 9.80 Å². The van der Waals surface area contributed by atoms with Crippen LogP contribution in [0.4, 0.5) is 13.2 Å². The number of aliphatic imine (C=N–C) groups is 1. The highest BCUT2D eigenvalue weighted by molar-refractivity contribution is 6.42. The Kier molecular flexibility index (Phi) is 9.31. The average molecular weight is 628 g/mol. The van der Waals surface area contributed by atoms with Crippen LogP contribution in [0.1, 0.15) is 57.4 Å². The van der Waals surface area contributed by atoms with Crippen molar-refractivity contribution in [3.05, 3.63) is 46.0 Å². The molecule has 3 heterocycles. The quantitative estimate of drug-likeness (QED) is 0.360. The summed E-state index contributed by atoms with van der Waals surface area (Å²) in [6.45, 7) is 6.66. The smallest absolute Gasteiger partial charge is 0.342 e. The number of rotatable bonds is 7. The molecule has 1 saturated carbocycles. The Morgan fingerprint density at radius 2 is 1.79 bits per heavy atom. The number of benzene rings is 1. The van der Waals surface area contributed by atoms with E-state index in [2.05, 4.69) is 10.3 Å². The van der Waals surface area contributed by atoms with Crippen molar-refractivity contribution in [3.63, 3.8) is 0 Å². The molecule has 0 spiro atoms. The van der Waals surface area contributed by atoms with Crippen molar-refractivity contribution in [1.82, 2.24) is 15.1 Å². The number of amides is 2. The second kappa shape index (κ2) is 12.5. The summed E-state index contributed by atoms with van der Waals surface area (Å²) in [4.78, 5) is 34.6. The SMILES string of the molecule is CCC1C=CC(C(F)(F)F)C=NC1NCC1CN(C(=O)C2CCN(C(=O)C3(C)CC3)CC2)CC1c1ccc(Cl)c(Cl)c1. The van der Waals surface area contributed by atoms with Crippen LogP contribution in [0.25, 0.3) is 0 Å². The van der Waals surface area contributed by atoms with Crippen LogP contribution in [-0.2, 0) is 9.59 Å². The van der Waals surface area contributed by atoms with Gasteiger partial charge in [0.2, 0.25) is 11.8 Å². The Morgan fingerprint density at radius 1 is 1.07 bits per heavy atom. The van der Waals surface area contributed by atoms with Crippen LogP contribution in [0.3, 0.4) is 0 Å². The van der Waals surface area contributed by atoms with Crippen molar-refractivity contribution in [2.75, 3.05) is 32.7 Å². The normalized spacial score (nSPS) is 29.5. The first-order chi connectivity index (χ1) is 19.9. The van der Waals surface area contributed by atoms with Gasteiger partial charge in [-0.2, -0.15) is 13.2 Å². The van der Waals surface area contributed by atoms with Gasteiger partial charge in [0.05, 0.1) is 10.0 Å². The molecule has 42 heavy (non-hydrogen) atoms. The molecule has 2 amide bonds. The highest BCUT2D eigenvalue weighted by Crippen LogP contribution is 2.47. The molecular formula is C31H39Cl2F3N4O2. The Bertz CT molecular complexity index is 1230. The molecule has 5 unspecified atom stereocenters. The van der Waals surface area contributed by atoms with E-state index in [-0.39, 0.29) is 40.9 Å². The minimum atomic E-state index is -4.38. The number of carbonyl (C=O) groups is 2. The molecule has 3 aliphatic heterocycles. The van der Waals surface area contributed by atoms with Crippen molar-refractivity contribution in [2.45, 2.75) is 64.2 Å². The lowest BCUT2D eigenvalue weighted by molar-refractivity contribution is -0.142. The van der Waals surface area contributed by atoms with Crippen LogP contribution in [-0.4, -0.2) is 72.9 Å². The fourth-order valence-electron chi connectivity index (χ4n) is 6.49. The number of allylic oxidation sites excluding steroid dienone is 1. The largest absolute Gasteiger partial charge is 0.399 e. The second-order valence-corrected chi connectivity index (χ2v) is 13.4. The number of piperidine rings is 1. The molecule has 1 aromatic carbocycles. The number of nitrogens with one attached hydrogen (secondary N) is 1. The summed E-state index contributed by atoms with van der Waals surface area (Å²) in [5.41, 5.74) is 0.763. The molecule has 5 rings (SSSR count). The molecule has 3 fully saturated rings. The minimum absolute atomic E-state index is 0.000951. The number of nitrogens with zero attached hydrogens (tertiary/aromatic N) is 3. The van der Waals surface area contributed by atoms with Gasteiger partial charge in [-0.1, -0.05) is 55.3 Å². The predicted molar refractivity (Wildman–Crippen MR) is 159 cm³/mol. The van der Waals surface area contributed by atoms with Gasteiger partial charge in [0.25, 0.3) is 0 Å². The maximum Gasteiger partial charge on any atom is 0.399 e. The van der Waals surface area contributed by atoms with Crippen LogP contribution < -0.4 is 5.32 Å². The zero-order valence-corrected chi connectivity index (χ0v) is 25.6. The van der Waals surface area contributed by atoms with E-state index >= 15 is 0 Å². The summed E-state index contributed by atoms with van der Waals surface area (Å²) < 4.78 is 40.1. The van der Waals surface area contributed by atoms with E-state index in [4.69, 9.17) is 23.2 Å². The maximum absolute atomic E-state index is 13.7. The van der Waals surface area contributed by atoms with Crippen LogP contribution in [0.5, 0.6) is 0 Å². The first-order valence-corrected chi connectivity index (χ1v) is 15.7. The molecule has 1 aliphatic carbocycles. The molecule has 11 heteroatoms. The van der Waals surface area contributed by atoms with Gasteiger partial charge >= 0.3 is 6.18 Å². The van der Waals surface area contributed by atoms with Crippen LogP contribution in [0.15, 0.2) is 35.3 Å². The Morgan fingerprint density at radius 3 is 2.40 bits per heavy atom. The number of likely N-dealkylation sites (tertiary alicyclic amines) is 2. The first-order valence-electron chi connectivity index (χ1n) is 14.9. The highest BCUT2D eigenvalue weighted by atomic mass is 35.5. The van der Waals surface area contributed by atoms with Crippen molar-refractivity contribution in [3.8, 4) is 0 Å². The molecule has 5 atom stereocenters. The predicted octanol–water partition coefficient (Wildman–Crippen LogP) is 6.34. The van der Waals surface area contributed by atoms with Gasteiger partial charge in [-0.25, -0.2) is 0 Å². The number of hydrogen-bond acceptors (Lipinski definition) is 4. The number of halogens is 5. The highest BCUT2D eigenvalue weighted by Gasteiger charge is 2.48. The Balaban J connectivity index is 1.27. The molecule has 0 bridgehead atoms. The molecule has 1 N–H and O–H groups in total. The van der Waals surface area contributed by atoms with Gasteiger partial charge in [-0.05, 0) is 55.7 Å². The minimum Gasteiger partial charge on any atom is -0.342 e. The zero-order chi connectivity index (χ0) is 30.2. The topological polar surface area (TPSA) is 65.0 Å². The molecule has 0 aromatic heterocycles. The van der Waals surface area contributed by atoms with E-state index in [1.807, 2.05) is 35.8 Å². The fraction of sp³-hybridized carbons (Fsp3) is 0.645. The molecular weight excluding hydrogens is 588 g/mol. The molecule has 6 nitrogen and oxygen atoms in total. The standard InChI is InChI=1S/C31H39Cl2F3N4O2/c1-3-19-4-6-23(31(34,35)36)16-38-27(19)37-15-22-17-40(18-24(22)21-5-7-25(32)26(33)14-21)28(41)20-8-12-39(13-9-20)29(42)30(2)10-11-30/h4-7,14,16,19-20,22-24,27,37H,3,8-13,15,17-18H2,1-2H3. The number of carbonyl (C=O) groups excluding carboxylic acids is 2. The van der Waals surface area contributed by atoms with Crippen molar-refractivity contribution in [1.29, 1.82) is 0 Å². The van der Waals surface area contributed by atoms with E-state index in [0.717, 1.165) is 24.6 Å². The van der Waals surface area contributed by atoms with Crippen molar-refractivity contribution >= 4 is 41.2 Å². The van der Waals surface area contributed by atoms with Gasteiger partial charge in [0, 0.05) is 62.1 Å². The average Bonchev–Trinajstić information content (AvgIpc) is 3.64. The third-order valence-electron chi connectivity index (χ3n) is 9.59. The molecule has 1 aromatic rings. The van der Waals surface area contributed by atoms with Crippen LogP contribution in [0, 0.1) is 29.1 Å². The summed E-state index contributed by atoms with van der Waals surface area (Å²) in [6.07, 6.45) is 2.75. The lowest BCUT2D eigenvalue weighted by Gasteiger charge is -2.34. The van der Waals surface area contributed by atoms with Gasteiger partial charge in [-0.3, -0.25) is 19.9 Å². The summed E-state index contributed by atoms with van der Waals surface area (Å²) in [5.74, 6) is -1.73. The Labute approximate surface area is 255 Å². The summed E-state index contributed by atoms with van der Waals surface area (Å²) in [5, 5.41) is 4.31. The van der Waals surface area contributed by atoms with E-state index in [9.17, 15) is 22.8 Å². The molecule has 0 radical (unpaired) electrons. The third-order valence-corrected chi connectivity index (χ3v) is 10.3. The fourth-order valence-corrected chi connectivity index (χ4v) is 6.80. The lowest BCUT2D eigenvalue weighted by Crippen LogP contribution is -2.46. The Hall–Kier alpha value is -2.10. The van der Waals surface area contributed by atoms with Crippen molar-refractivity contribution in [2.24, 2.45) is 34.1 Å². The number of alkyl halides is 3. The summed E-state index contributed by atoms with van der Waals surface area (Å²) in [7, 11) is 0. The van der Waals surface area contributed by atoms with E-state index in [1.165, 1.54) is 6.08 Å². The van der Waals surface area contributed by atoms with E-state index < -0.39 is 18.3 Å². The van der Waals surface area contributed by atoms with Crippen LogP contribution in [0.2, 0.25) is 10.0 Å². The number of hydrogen-bond donors (Lipinski definition) is 1. The first kappa shape index (κ1) is 31.3. The molecule has 230 valence electrons. The molecule has 2 saturated heterocycles. The van der Waals surface area contributed by atoms with Crippen molar-refractivity contribution < 1.29 is 22.8 Å². The second-order valence-electron chi connectivity index (χ2n) is 12.6. The maximum atomic E-state index is 13.7. The molecule has 4 aliphatic rings. The summed E-state index contributed by atoms with van der Waals surface area (Å²) >= 11 is 12.5. The zero-order valence-electron chi connectivity index (χ0n) is 24.0. The monoisotopic (exact) mass is 626 g/mol. The van der Waals surface area contributed by atoms with Gasteiger partial charge in [0.1, 0.15) is 12.1 Å².